The van der Waals surface area contributed by atoms with Gasteiger partial charge in [0.05, 0.1) is 31.1 Å². The van der Waals surface area contributed by atoms with Gasteiger partial charge in [-0.15, -0.1) is 0 Å². The zero-order valence-corrected chi connectivity index (χ0v) is 33.4. The zero-order chi connectivity index (χ0) is 39.4. The molecule has 1 amide bonds. The first-order valence-corrected chi connectivity index (χ1v) is 19.5. The highest BCUT2D eigenvalue weighted by Crippen LogP contribution is 2.36. The van der Waals surface area contributed by atoms with Crippen LogP contribution in [0.5, 0.6) is 0 Å². The number of unbranched alkanes of at least 4 members (excludes halogenated alkanes) is 1. The molecule has 13 nitrogen and oxygen atoms in total. The van der Waals surface area contributed by atoms with Crippen LogP contribution < -0.4 is 10.9 Å². The second-order valence-electron chi connectivity index (χ2n) is 12.7. The minimum absolute atomic E-state index is 0.0000248. The number of hydrogen-bond acceptors (Lipinski definition) is 10. The number of amides is 1. The van der Waals surface area contributed by atoms with E-state index in [0.717, 1.165) is 40.9 Å². The lowest BCUT2D eigenvalue weighted by molar-refractivity contribution is -0.134. The molecular formula is C40H53N5O8S. The average molecular weight is 764 g/mol. The van der Waals surface area contributed by atoms with Crippen molar-refractivity contribution < 1.29 is 32.0 Å². The van der Waals surface area contributed by atoms with E-state index in [1.54, 1.807) is 41.7 Å². The Morgan fingerprint density at radius 3 is 2.43 bits per heavy atom. The third-order valence-electron chi connectivity index (χ3n) is 9.13. The van der Waals surface area contributed by atoms with Crippen molar-refractivity contribution in [1.82, 2.24) is 19.6 Å². The van der Waals surface area contributed by atoms with E-state index in [1.807, 2.05) is 58.9 Å². The van der Waals surface area contributed by atoms with E-state index in [-0.39, 0.29) is 24.4 Å². The Morgan fingerprint density at radius 2 is 1.78 bits per heavy atom. The number of fused-ring (bicyclic) bond motifs is 1. The normalized spacial score (nSPS) is 13.2. The van der Waals surface area contributed by atoms with Crippen molar-refractivity contribution in [2.45, 2.75) is 85.6 Å². The molecule has 0 saturated carbocycles. The van der Waals surface area contributed by atoms with Gasteiger partial charge in [0.1, 0.15) is 29.7 Å². The molecule has 1 atom stereocenters. The third-order valence-corrected chi connectivity index (χ3v) is 9.86. The summed E-state index contributed by atoms with van der Waals surface area (Å²) in [7, 11) is 1.62. The van der Waals surface area contributed by atoms with Gasteiger partial charge in [-0.2, -0.15) is 0 Å². The first-order valence-electron chi connectivity index (χ1n) is 18.4. The number of benzene rings is 2. The number of nitrogens with one attached hydrogen (secondary N) is 1. The molecule has 0 aliphatic carbocycles. The predicted octanol–water partition coefficient (Wildman–Crippen LogP) is 6.98. The standard InChI is InChI=1S/C31H35N3O6S.C7H12N2O2.C2H6/c1-4-5-10-28-32-21(3)25(18-29(35)33-13-15-39-16-14-33)31(36)34(28)19-22-11-12-24(30-26(22)17-20(2)40-30)23-8-6-7-9-27(23)41(37)38;1-5-6(2)11-9-7(5)8-4-10-3;1-2/h6-9,11-12,17H,4-5,10,13-16,18-19H2,1-3H3,(H,37,38);4H2,1-3H3,(H,8,9);1-2H3. The maximum atomic E-state index is 14.0. The quantitative estimate of drug-likeness (QED) is 0.0996. The van der Waals surface area contributed by atoms with Crippen LogP contribution in [-0.4, -0.2) is 74.4 Å². The maximum Gasteiger partial charge on any atom is 0.257 e. The summed E-state index contributed by atoms with van der Waals surface area (Å²) in [6.07, 6.45) is 2.48. The van der Waals surface area contributed by atoms with Crippen molar-refractivity contribution in [2.75, 3.05) is 45.5 Å². The number of furan rings is 1. The topological polar surface area (TPSA) is 162 Å². The molecule has 1 aliphatic heterocycles. The minimum Gasteiger partial charge on any atom is -0.461 e. The Morgan fingerprint density at radius 1 is 1.06 bits per heavy atom. The average Bonchev–Trinajstić information content (AvgIpc) is 3.74. The fourth-order valence-electron chi connectivity index (χ4n) is 6.11. The van der Waals surface area contributed by atoms with Crippen LogP contribution >= 0.6 is 0 Å². The van der Waals surface area contributed by atoms with Gasteiger partial charge in [0.15, 0.2) is 16.9 Å². The number of anilines is 1. The predicted molar refractivity (Wildman–Crippen MR) is 210 cm³/mol. The van der Waals surface area contributed by atoms with E-state index < -0.39 is 11.1 Å². The van der Waals surface area contributed by atoms with Gasteiger partial charge in [-0.05, 0) is 51.8 Å². The molecule has 292 valence electrons. The van der Waals surface area contributed by atoms with Crippen molar-refractivity contribution in [2.24, 2.45) is 0 Å². The van der Waals surface area contributed by atoms with Crippen molar-refractivity contribution in [3.8, 4) is 11.1 Å². The first-order chi connectivity index (χ1) is 26.0. The number of nitrogens with zero attached hydrogens (tertiary/aromatic N) is 4. The molecule has 5 aromatic rings. The molecule has 1 fully saturated rings. The van der Waals surface area contributed by atoms with Crippen molar-refractivity contribution in [3.05, 3.63) is 92.5 Å². The third kappa shape index (κ3) is 10.1. The molecule has 0 spiro atoms. The largest absolute Gasteiger partial charge is 0.461 e. The van der Waals surface area contributed by atoms with Gasteiger partial charge in [0.25, 0.3) is 5.56 Å². The molecule has 1 aliphatic rings. The number of morpholine rings is 1. The molecule has 3 aromatic heterocycles. The van der Waals surface area contributed by atoms with Crippen LogP contribution in [0.4, 0.5) is 5.82 Å². The summed E-state index contributed by atoms with van der Waals surface area (Å²) in [5, 5.41) is 7.56. The molecule has 1 unspecified atom stereocenters. The summed E-state index contributed by atoms with van der Waals surface area (Å²) < 4.78 is 44.8. The second-order valence-corrected chi connectivity index (χ2v) is 13.6. The number of hydrogen-bond donors (Lipinski definition) is 2. The number of ether oxygens (including phenoxy) is 2. The number of carbonyl (C=O) groups excluding carboxylic acids is 1. The monoisotopic (exact) mass is 763 g/mol. The molecule has 4 heterocycles. The molecule has 0 bridgehead atoms. The highest BCUT2D eigenvalue weighted by Gasteiger charge is 2.23. The number of methoxy groups -OCH3 is 1. The number of aromatic nitrogens is 3. The molecule has 14 heteroatoms. The maximum absolute atomic E-state index is 14.0. The Hall–Kier alpha value is -4.63. The fourth-order valence-corrected chi connectivity index (χ4v) is 6.67. The Labute approximate surface area is 319 Å². The van der Waals surface area contributed by atoms with Crippen LogP contribution in [0, 0.1) is 27.7 Å². The number of rotatable bonds is 12. The van der Waals surface area contributed by atoms with Crippen LogP contribution in [-0.2, 0) is 44.7 Å². The van der Waals surface area contributed by atoms with Gasteiger partial charge in [-0.1, -0.05) is 62.7 Å². The van der Waals surface area contributed by atoms with Gasteiger partial charge in [-0.25, -0.2) is 9.19 Å². The summed E-state index contributed by atoms with van der Waals surface area (Å²) in [5.74, 6) is 2.87. The first kappa shape index (κ1) is 42.1. The lowest BCUT2D eigenvalue weighted by atomic mass is 9.99. The molecule has 0 radical (unpaired) electrons. The van der Waals surface area contributed by atoms with E-state index >= 15 is 0 Å². The van der Waals surface area contributed by atoms with Gasteiger partial charge < -0.3 is 33.2 Å². The van der Waals surface area contributed by atoms with E-state index in [0.29, 0.717) is 83.9 Å². The van der Waals surface area contributed by atoms with Crippen LogP contribution in [0.25, 0.3) is 22.1 Å². The van der Waals surface area contributed by atoms with Gasteiger partial charge in [0, 0.05) is 60.0 Å². The molecule has 54 heavy (non-hydrogen) atoms. The molecule has 2 N–H and O–H groups in total. The Balaban J connectivity index is 0.000000426. The molecule has 6 rings (SSSR count). The SMILES string of the molecule is CC.CCCCc1nc(C)c(CC(=O)N2CCOCC2)c(=O)n1Cc1ccc(-c2ccccc2S(=O)O)c2oc(C)cc12.COCNc1noc(C)c1C. The summed E-state index contributed by atoms with van der Waals surface area (Å²) in [5.41, 5.74) is 4.59. The smallest absolute Gasteiger partial charge is 0.257 e. The second kappa shape index (κ2) is 20.2. The van der Waals surface area contributed by atoms with E-state index in [9.17, 15) is 18.4 Å². The van der Waals surface area contributed by atoms with Crippen LogP contribution in [0.2, 0.25) is 0 Å². The molecule has 1 saturated heterocycles. The highest BCUT2D eigenvalue weighted by atomic mass is 32.2. The van der Waals surface area contributed by atoms with E-state index in [2.05, 4.69) is 17.4 Å². The Bertz CT molecular complexity index is 2100. The number of carbonyl (C=O) groups is 1. The fraction of sp³-hybridized carbons (Fsp3) is 0.450. The zero-order valence-electron chi connectivity index (χ0n) is 32.6. The molecule has 2 aromatic carbocycles. The number of aryl methyl sites for hydroxylation is 4. The highest BCUT2D eigenvalue weighted by molar-refractivity contribution is 7.79. The summed E-state index contributed by atoms with van der Waals surface area (Å²) in [6, 6.07) is 12.7. The van der Waals surface area contributed by atoms with E-state index in [4.69, 9.17) is 23.4 Å². The lowest BCUT2D eigenvalue weighted by Crippen LogP contribution is -2.42. The van der Waals surface area contributed by atoms with Gasteiger partial charge in [-0.3, -0.25) is 14.2 Å². The van der Waals surface area contributed by atoms with Crippen molar-refractivity contribution in [1.29, 1.82) is 0 Å². The Kier molecular flexibility index (Phi) is 15.7. The van der Waals surface area contributed by atoms with E-state index in [1.165, 1.54) is 0 Å². The van der Waals surface area contributed by atoms with Crippen LogP contribution in [0.15, 0.2) is 61.1 Å². The summed E-state index contributed by atoms with van der Waals surface area (Å²) >= 11 is -2.17. The lowest BCUT2D eigenvalue weighted by Gasteiger charge is -2.27. The van der Waals surface area contributed by atoms with Crippen molar-refractivity contribution >= 4 is 33.8 Å². The van der Waals surface area contributed by atoms with Gasteiger partial charge >= 0.3 is 0 Å². The van der Waals surface area contributed by atoms with Crippen LogP contribution in [0.1, 0.15) is 73.3 Å². The van der Waals surface area contributed by atoms with Gasteiger partial charge in [0.2, 0.25) is 5.91 Å². The van der Waals surface area contributed by atoms with Crippen molar-refractivity contribution in [3.63, 3.8) is 0 Å². The molecular weight excluding hydrogens is 711 g/mol. The summed E-state index contributed by atoms with van der Waals surface area (Å²) in [4.78, 5) is 33.9. The minimum atomic E-state index is -2.17. The summed E-state index contributed by atoms with van der Waals surface area (Å²) in [6.45, 7) is 16.3. The van der Waals surface area contributed by atoms with Crippen LogP contribution in [0.3, 0.4) is 0 Å².